The van der Waals surface area contributed by atoms with Gasteiger partial charge in [0.2, 0.25) is 5.91 Å². The molecule has 0 heterocycles. The summed E-state index contributed by atoms with van der Waals surface area (Å²) in [6.07, 6.45) is 1.55. The lowest BCUT2D eigenvalue weighted by molar-refractivity contribution is -0.122. The van der Waals surface area contributed by atoms with Gasteiger partial charge in [-0.1, -0.05) is 67.5 Å². The molecule has 1 aromatic carbocycles. The summed E-state index contributed by atoms with van der Waals surface area (Å²) in [5.41, 5.74) is 1.31. The summed E-state index contributed by atoms with van der Waals surface area (Å²) in [7, 11) is 0. The van der Waals surface area contributed by atoms with Gasteiger partial charge in [-0.3, -0.25) is 14.4 Å². The average Bonchev–Trinajstić information content (AvgIpc) is 2.81. The second-order valence-corrected chi connectivity index (χ2v) is 9.04. The lowest BCUT2D eigenvalue weighted by atomic mass is 9.84. The fraction of sp³-hybridized carbons (Fsp3) is 0.679. The summed E-state index contributed by atoms with van der Waals surface area (Å²) in [5, 5.41) is 5.64. The standard InChI is InChI=1S/C24H38N2O5.2C2H6/c1-18(17-24(3,4)5)16-22(28)25-10-12-30-14-15-31-13-11-26-23(29)21-8-6-20(7-9-21)19(2)27;2*1-2/h6-9,18H,10-17H2,1-5H3,(H,25,28)(H,26,29);2*1-2H3. The van der Waals surface area contributed by atoms with Gasteiger partial charge in [-0.05, 0) is 36.8 Å². The monoisotopic (exact) mass is 494 g/mol. The van der Waals surface area contributed by atoms with E-state index in [1.54, 1.807) is 24.3 Å². The smallest absolute Gasteiger partial charge is 0.251 e. The molecule has 0 aliphatic heterocycles. The van der Waals surface area contributed by atoms with Crippen LogP contribution in [-0.4, -0.2) is 57.1 Å². The second kappa shape index (κ2) is 21.1. The molecule has 1 atom stereocenters. The molecule has 0 spiro atoms. The molecule has 0 fully saturated rings. The topological polar surface area (TPSA) is 93.7 Å². The van der Waals surface area contributed by atoms with Gasteiger partial charge in [0, 0.05) is 30.6 Å². The van der Waals surface area contributed by atoms with Crippen molar-refractivity contribution in [2.75, 3.05) is 39.5 Å². The van der Waals surface area contributed by atoms with Crippen LogP contribution in [0.2, 0.25) is 0 Å². The molecule has 0 saturated heterocycles. The zero-order valence-electron chi connectivity index (χ0n) is 23.6. The molecule has 0 saturated carbocycles. The predicted molar refractivity (Wildman–Crippen MR) is 144 cm³/mol. The van der Waals surface area contributed by atoms with E-state index in [4.69, 9.17) is 9.47 Å². The number of rotatable bonds is 14. The normalized spacial score (nSPS) is 11.2. The molecule has 35 heavy (non-hydrogen) atoms. The van der Waals surface area contributed by atoms with Crippen molar-refractivity contribution >= 4 is 17.6 Å². The Balaban J connectivity index is 0. The van der Waals surface area contributed by atoms with E-state index in [2.05, 4.69) is 38.3 Å². The van der Waals surface area contributed by atoms with E-state index in [1.807, 2.05) is 27.7 Å². The van der Waals surface area contributed by atoms with Gasteiger partial charge in [-0.25, -0.2) is 0 Å². The van der Waals surface area contributed by atoms with Gasteiger partial charge in [-0.2, -0.15) is 0 Å². The molecular formula is C28H50N2O5. The maximum atomic E-state index is 12.0. The summed E-state index contributed by atoms with van der Waals surface area (Å²) in [5.74, 6) is 0.177. The van der Waals surface area contributed by atoms with Gasteiger partial charge in [0.15, 0.2) is 5.78 Å². The van der Waals surface area contributed by atoms with Crippen LogP contribution in [0.15, 0.2) is 24.3 Å². The molecule has 2 amide bonds. The molecule has 7 nitrogen and oxygen atoms in total. The Bertz CT molecular complexity index is 696. The maximum absolute atomic E-state index is 12.0. The first-order chi connectivity index (χ1) is 16.6. The van der Waals surface area contributed by atoms with Crippen molar-refractivity contribution in [1.29, 1.82) is 0 Å². The van der Waals surface area contributed by atoms with Gasteiger partial charge in [0.05, 0.1) is 26.4 Å². The van der Waals surface area contributed by atoms with Crippen molar-refractivity contribution in [3.63, 3.8) is 0 Å². The van der Waals surface area contributed by atoms with Crippen LogP contribution in [-0.2, 0) is 14.3 Å². The predicted octanol–water partition coefficient (Wildman–Crippen LogP) is 5.28. The van der Waals surface area contributed by atoms with Crippen molar-refractivity contribution in [3.8, 4) is 0 Å². The number of hydrogen-bond acceptors (Lipinski definition) is 5. The van der Waals surface area contributed by atoms with Crippen molar-refractivity contribution < 1.29 is 23.9 Å². The van der Waals surface area contributed by atoms with Crippen LogP contribution in [0, 0.1) is 11.3 Å². The van der Waals surface area contributed by atoms with Crippen LogP contribution in [0.4, 0.5) is 0 Å². The first-order valence-electron chi connectivity index (χ1n) is 12.9. The summed E-state index contributed by atoms with van der Waals surface area (Å²) in [4.78, 5) is 35.2. The van der Waals surface area contributed by atoms with Crippen LogP contribution in [0.3, 0.4) is 0 Å². The van der Waals surface area contributed by atoms with E-state index in [9.17, 15) is 14.4 Å². The highest BCUT2D eigenvalue weighted by atomic mass is 16.5. The van der Waals surface area contributed by atoms with Gasteiger partial charge in [0.1, 0.15) is 0 Å². The van der Waals surface area contributed by atoms with E-state index in [-0.39, 0.29) is 23.0 Å². The van der Waals surface area contributed by atoms with Crippen LogP contribution in [0.25, 0.3) is 0 Å². The van der Waals surface area contributed by atoms with Crippen LogP contribution < -0.4 is 10.6 Å². The van der Waals surface area contributed by atoms with Gasteiger partial charge in [0.25, 0.3) is 5.91 Å². The minimum Gasteiger partial charge on any atom is -0.377 e. The number of carbonyl (C=O) groups excluding carboxylic acids is 3. The number of ketones is 1. The Morgan fingerprint density at radius 2 is 1.26 bits per heavy atom. The summed E-state index contributed by atoms with van der Waals surface area (Å²) < 4.78 is 10.9. The largest absolute Gasteiger partial charge is 0.377 e. The lowest BCUT2D eigenvalue weighted by Gasteiger charge is -2.22. The number of amides is 2. The molecular weight excluding hydrogens is 444 g/mol. The summed E-state index contributed by atoms with van der Waals surface area (Å²) in [6, 6.07) is 6.54. The van der Waals surface area contributed by atoms with Crippen LogP contribution >= 0.6 is 0 Å². The van der Waals surface area contributed by atoms with Gasteiger partial charge >= 0.3 is 0 Å². The highest BCUT2D eigenvalue weighted by Gasteiger charge is 2.17. The highest BCUT2D eigenvalue weighted by Crippen LogP contribution is 2.25. The molecule has 0 radical (unpaired) electrons. The van der Waals surface area contributed by atoms with E-state index < -0.39 is 0 Å². The third kappa shape index (κ3) is 19.7. The minimum absolute atomic E-state index is 0.0318. The third-order valence-electron chi connectivity index (χ3n) is 4.52. The van der Waals surface area contributed by atoms with Crippen molar-refractivity contribution in [3.05, 3.63) is 35.4 Å². The molecule has 0 aliphatic rings. The highest BCUT2D eigenvalue weighted by molar-refractivity contribution is 5.97. The minimum atomic E-state index is -0.206. The van der Waals surface area contributed by atoms with Crippen molar-refractivity contribution in [2.24, 2.45) is 11.3 Å². The number of nitrogens with one attached hydrogen (secondary N) is 2. The summed E-state index contributed by atoms with van der Waals surface area (Å²) in [6.45, 7) is 20.7. The Labute approximate surface area is 213 Å². The van der Waals surface area contributed by atoms with E-state index in [0.717, 1.165) is 6.42 Å². The van der Waals surface area contributed by atoms with E-state index in [1.165, 1.54) is 6.92 Å². The van der Waals surface area contributed by atoms with E-state index >= 15 is 0 Å². The number of ether oxygens (including phenoxy) is 2. The van der Waals surface area contributed by atoms with E-state index in [0.29, 0.717) is 63.0 Å². The number of hydrogen-bond donors (Lipinski definition) is 2. The average molecular weight is 495 g/mol. The second-order valence-electron chi connectivity index (χ2n) is 9.04. The molecule has 2 N–H and O–H groups in total. The van der Waals surface area contributed by atoms with Gasteiger partial charge in [-0.15, -0.1) is 0 Å². The Hall–Kier alpha value is -2.25. The molecule has 202 valence electrons. The Morgan fingerprint density at radius 3 is 1.71 bits per heavy atom. The molecule has 1 unspecified atom stereocenters. The van der Waals surface area contributed by atoms with Crippen molar-refractivity contribution in [2.45, 2.75) is 75.2 Å². The van der Waals surface area contributed by atoms with Gasteiger partial charge < -0.3 is 20.1 Å². The first kappa shape index (κ1) is 34.9. The summed E-state index contributed by atoms with van der Waals surface area (Å²) >= 11 is 0. The Morgan fingerprint density at radius 1 is 0.800 bits per heavy atom. The quantitative estimate of drug-likeness (QED) is 0.271. The molecule has 0 bridgehead atoms. The lowest BCUT2D eigenvalue weighted by Crippen LogP contribution is -2.29. The Kier molecular flexibility index (Phi) is 21.0. The SMILES string of the molecule is CC.CC.CC(=O)c1ccc(C(=O)NCCOCCOCCNC(=O)CC(C)CC(C)(C)C)cc1. The molecule has 1 aromatic rings. The molecule has 0 aromatic heterocycles. The molecule has 0 aliphatic carbocycles. The van der Waals surface area contributed by atoms with Crippen LogP contribution in [0.1, 0.15) is 95.9 Å². The first-order valence-corrected chi connectivity index (χ1v) is 12.9. The fourth-order valence-corrected chi connectivity index (χ4v) is 3.29. The number of carbonyl (C=O) groups is 3. The zero-order chi connectivity index (χ0) is 27.3. The van der Waals surface area contributed by atoms with Crippen molar-refractivity contribution in [1.82, 2.24) is 10.6 Å². The maximum Gasteiger partial charge on any atom is 0.251 e. The van der Waals surface area contributed by atoms with Crippen LogP contribution in [0.5, 0.6) is 0 Å². The third-order valence-corrected chi connectivity index (χ3v) is 4.52. The number of benzene rings is 1. The molecule has 7 heteroatoms. The fourth-order valence-electron chi connectivity index (χ4n) is 3.29. The molecule has 1 rings (SSSR count). The zero-order valence-corrected chi connectivity index (χ0v) is 23.6. The number of Topliss-reactive ketones (excluding diaryl/α,β-unsaturated/α-hetero) is 1.